The fourth-order valence-electron chi connectivity index (χ4n) is 1.66. The van der Waals surface area contributed by atoms with Crippen LogP contribution in [0.3, 0.4) is 0 Å². The minimum atomic E-state index is -4.42. The third-order valence-electron chi connectivity index (χ3n) is 2.53. The minimum Gasteiger partial charge on any atom is -0.443 e. The maximum absolute atomic E-state index is 12.6. The predicted octanol–water partition coefficient (Wildman–Crippen LogP) is 3.43. The Bertz CT molecular complexity index is 464. The molecule has 0 aromatic heterocycles. The standard InChI is InChI=1S/C11H9BrF3NO2/c12-5-9-6-16(10(17)18-9)8-3-1-2-7(4-8)11(13,14)15/h1-4,9H,5-6H2. The summed E-state index contributed by atoms with van der Waals surface area (Å²) in [5.74, 6) is 0. The fourth-order valence-corrected chi connectivity index (χ4v) is 2.00. The number of ether oxygens (including phenoxy) is 1. The first-order chi connectivity index (χ1) is 8.41. The molecule has 0 bridgehead atoms. The van der Waals surface area contributed by atoms with Crippen LogP contribution in [0.4, 0.5) is 23.7 Å². The highest BCUT2D eigenvalue weighted by Gasteiger charge is 2.34. The number of hydrogen-bond acceptors (Lipinski definition) is 2. The van der Waals surface area contributed by atoms with Gasteiger partial charge in [-0.1, -0.05) is 22.0 Å². The summed E-state index contributed by atoms with van der Waals surface area (Å²) in [7, 11) is 0. The molecule has 1 saturated heterocycles. The summed E-state index contributed by atoms with van der Waals surface area (Å²) in [6.45, 7) is 0.241. The normalized spacial score (nSPS) is 20.1. The van der Waals surface area contributed by atoms with Crippen LogP contribution >= 0.6 is 15.9 Å². The van der Waals surface area contributed by atoms with E-state index in [-0.39, 0.29) is 18.3 Å². The molecule has 3 nitrogen and oxygen atoms in total. The third-order valence-corrected chi connectivity index (χ3v) is 3.25. The lowest BCUT2D eigenvalue weighted by atomic mass is 10.2. The van der Waals surface area contributed by atoms with E-state index in [1.807, 2.05) is 0 Å². The number of rotatable bonds is 2. The maximum Gasteiger partial charge on any atom is 0.416 e. The van der Waals surface area contributed by atoms with Gasteiger partial charge in [-0.3, -0.25) is 4.90 Å². The maximum atomic E-state index is 12.6. The van der Waals surface area contributed by atoms with Crippen LogP contribution in [0.1, 0.15) is 5.56 Å². The average Bonchev–Trinajstić information content (AvgIpc) is 2.70. The second-order valence-corrected chi connectivity index (χ2v) is 4.47. The molecule has 18 heavy (non-hydrogen) atoms. The molecule has 0 spiro atoms. The minimum absolute atomic E-state index is 0.193. The molecular weight excluding hydrogens is 315 g/mol. The van der Waals surface area contributed by atoms with E-state index in [9.17, 15) is 18.0 Å². The molecule has 98 valence electrons. The summed E-state index contributed by atoms with van der Waals surface area (Å²) < 4.78 is 42.6. The van der Waals surface area contributed by atoms with Crippen LogP contribution in [0.2, 0.25) is 0 Å². The Balaban J connectivity index is 2.27. The Morgan fingerprint density at radius 1 is 1.44 bits per heavy atom. The quantitative estimate of drug-likeness (QED) is 0.780. The summed E-state index contributed by atoms with van der Waals surface area (Å²) in [5.41, 5.74) is -0.589. The Morgan fingerprint density at radius 2 is 2.17 bits per heavy atom. The zero-order valence-electron chi connectivity index (χ0n) is 9.08. The van der Waals surface area contributed by atoms with Crippen LogP contribution in [0.25, 0.3) is 0 Å². The summed E-state index contributed by atoms with van der Waals surface area (Å²) in [6.07, 6.45) is -5.39. The molecule has 0 N–H and O–H groups in total. The molecule has 2 rings (SSSR count). The van der Waals surface area contributed by atoms with Crippen molar-refractivity contribution in [3.8, 4) is 0 Å². The van der Waals surface area contributed by atoms with Gasteiger partial charge in [-0.25, -0.2) is 4.79 Å². The lowest BCUT2D eigenvalue weighted by Gasteiger charge is -2.15. The van der Waals surface area contributed by atoms with Gasteiger partial charge in [-0.2, -0.15) is 13.2 Å². The van der Waals surface area contributed by atoms with Gasteiger partial charge in [0.1, 0.15) is 6.10 Å². The highest BCUT2D eigenvalue weighted by molar-refractivity contribution is 9.09. The van der Waals surface area contributed by atoms with Gasteiger partial charge in [0.25, 0.3) is 0 Å². The molecule has 1 aliphatic heterocycles. The second kappa shape index (κ2) is 4.79. The zero-order valence-corrected chi connectivity index (χ0v) is 10.7. The first-order valence-electron chi connectivity index (χ1n) is 5.13. The first-order valence-corrected chi connectivity index (χ1v) is 6.25. The summed E-state index contributed by atoms with van der Waals surface area (Å²) in [4.78, 5) is 12.7. The van der Waals surface area contributed by atoms with E-state index in [4.69, 9.17) is 4.74 Å². The van der Waals surface area contributed by atoms with Crippen molar-refractivity contribution in [1.29, 1.82) is 0 Å². The highest BCUT2D eigenvalue weighted by Crippen LogP contribution is 2.32. The number of alkyl halides is 4. The number of carbonyl (C=O) groups excluding carboxylic acids is 1. The third kappa shape index (κ3) is 2.60. The Kier molecular flexibility index (Phi) is 3.52. The summed E-state index contributed by atoms with van der Waals surface area (Å²) in [5, 5.41) is 0.453. The number of amides is 1. The van der Waals surface area contributed by atoms with Crippen molar-refractivity contribution in [3.63, 3.8) is 0 Å². The van der Waals surface area contributed by atoms with Crippen molar-refractivity contribution < 1.29 is 22.7 Å². The van der Waals surface area contributed by atoms with Crippen molar-refractivity contribution in [1.82, 2.24) is 0 Å². The van der Waals surface area contributed by atoms with Crippen LogP contribution in [-0.2, 0) is 10.9 Å². The van der Waals surface area contributed by atoms with E-state index in [1.54, 1.807) is 0 Å². The van der Waals surface area contributed by atoms with Gasteiger partial charge in [-0.05, 0) is 18.2 Å². The molecule has 1 unspecified atom stereocenters. The monoisotopic (exact) mass is 323 g/mol. The average molecular weight is 324 g/mol. The van der Waals surface area contributed by atoms with Gasteiger partial charge < -0.3 is 4.74 Å². The second-order valence-electron chi connectivity index (χ2n) is 3.82. The van der Waals surface area contributed by atoms with Gasteiger partial charge in [0.15, 0.2) is 0 Å². The molecule has 0 saturated carbocycles. The van der Waals surface area contributed by atoms with Crippen LogP contribution in [0.15, 0.2) is 24.3 Å². The lowest BCUT2D eigenvalue weighted by molar-refractivity contribution is -0.137. The van der Waals surface area contributed by atoms with Crippen molar-refractivity contribution in [2.24, 2.45) is 0 Å². The number of halogens is 4. The number of nitrogens with zero attached hydrogens (tertiary/aromatic N) is 1. The number of cyclic esters (lactones) is 1. The van der Waals surface area contributed by atoms with Crippen LogP contribution in [0.5, 0.6) is 0 Å². The molecule has 1 atom stereocenters. The zero-order chi connectivity index (χ0) is 13.3. The topological polar surface area (TPSA) is 29.5 Å². The van der Waals surface area contributed by atoms with Crippen LogP contribution < -0.4 is 4.90 Å². The Labute approximate surface area is 110 Å². The van der Waals surface area contributed by atoms with Gasteiger partial charge in [-0.15, -0.1) is 0 Å². The smallest absolute Gasteiger partial charge is 0.416 e. The number of carbonyl (C=O) groups is 1. The van der Waals surface area contributed by atoms with Crippen LogP contribution in [-0.4, -0.2) is 24.1 Å². The Hall–Kier alpha value is -1.24. The van der Waals surface area contributed by atoms with Crippen molar-refractivity contribution in [2.45, 2.75) is 12.3 Å². The number of anilines is 1. The van der Waals surface area contributed by atoms with E-state index in [0.29, 0.717) is 5.33 Å². The fraction of sp³-hybridized carbons (Fsp3) is 0.364. The van der Waals surface area contributed by atoms with E-state index < -0.39 is 17.8 Å². The number of hydrogen-bond donors (Lipinski definition) is 0. The lowest BCUT2D eigenvalue weighted by Crippen LogP contribution is -2.25. The predicted molar refractivity (Wildman–Crippen MR) is 62.9 cm³/mol. The Morgan fingerprint density at radius 3 is 2.72 bits per heavy atom. The molecule has 1 aromatic rings. The van der Waals surface area contributed by atoms with Crippen molar-refractivity contribution >= 4 is 27.7 Å². The largest absolute Gasteiger partial charge is 0.443 e. The summed E-state index contributed by atoms with van der Waals surface area (Å²) in [6, 6.07) is 4.63. The summed E-state index contributed by atoms with van der Waals surface area (Å²) >= 11 is 3.17. The van der Waals surface area contributed by atoms with Crippen molar-refractivity contribution in [3.05, 3.63) is 29.8 Å². The molecule has 0 aliphatic carbocycles. The van der Waals surface area contributed by atoms with Gasteiger partial charge in [0.2, 0.25) is 0 Å². The van der Waals surface area contributed by atoms with E-state index in [2.05, 4.69) is 15.9 Å². The van der Waals surface area contributed by atoms with E-state index >= 15 is 0 Å². The molecular formula is C11H9BrF3NO2. The first kappa shape index (κ1) is 13.2. The van der Waals surface area contributed by atoms with Crippen LogP contribution in [0, 0.1) is 0 Å². The SMILES string of the molecule is O=C1OC(CBr)CN1c1cccc(C(F)(F)F)c1. The molecule has 1 fully saturated rings. The molecule has 7 heteroatoms. The molecule has 1 aliphatic rings. The van der Waals surface area contributed by atoms with Gasteiger partial charge >= 0.3 is 12.3 Å². The van der Waals surface area contributed by atoms with E-state index in [0.717, 1.165) is 12.1 Å². The molecule has 1 amide bonds. The molecule has 1 aromatic carbocycles. The van der Waals surface area contributed by atoms with Gasteiger partial charge in [0.05, 0.1) is 12.1 Å². The number of benzene rings is 1. The van der Waals surface area contributed by atoms with Gasteiger partial charge in [0, 0.05) is 11.0 Å². The molecule has 0 radical (unpaired) electrons. The molecule has 1 heterocycles. The van der Waals surface area contributed by atoms with Crippen molar-refractivity contribution in [2.75, 3.05) is 16.8 Å². The highest BCUT2D eigenvalue weighted by atomic mass is 79.9. The van der Waals surface area contributed by atoms with E-state index in [1.165, 1.54) is 17.0 Å².